The van der Waals surface area contributed by atoms with Crippen molar-refractivity contribution >= 4 is 0 Å². The summed E-state index contributed by atoms with van der Waals surface area (Å²) in [5, 5.41) is 9.35. The highest BCUT2D eigenvalue weighted by Crippen LogP contribution is 2.17. The Morgan fingerprint density at radius 1 is 1.25 bits per heavy atom. The van der Waals surface area contributed by atoms with E-state index in [-0.39, 0.29) is 0 Å². The van der Waals surface area contributed by atoms with Crippen molar-refractivity contribution in [2.45, 2.75) is 19.7 Å². The molecule has 1 aromatic carbocycles. The summed E-state index contributed by atoms with van der Waals surface area (Å²) in [7, 11) is 0. The highest BCUT2D eigenvalue weighted by molar-refractivity contribution is 5.35. The smallest absolute Gasteiger partial charge is 0.194 e. The number of rotatable bonds is 1. The molecule has 0 aliphatic carbocycles. The van der Waals surface area contributed by atoms with Gasteiger partial charge in [-0.25, -0.2) is 0 Å². The van der Waals surface area contributed by atoms with Gasteiger partial charge < -0.3 is 5.11 Å². The van der Waals surface area contributed by atoms with Crippen LogP contribution < -0.4 is 11.5 Å². The van der Waals surface area contributed by atoms with Crippen LogP contribution in [0.3, 0.4) is 0 Å². The third-order valence-electron chi connectivity index (χ3n) is 2.04. The van der Waals surface area contributed by atoms with E-state index in [0.717, 1.165) is 11.1 Å². The maximum Gasteiger partial charge on any atom is 0.194 e. The van der Waals surface area contributed by atoms with E-state index in [1.807, 2.05) is 26.0 Å². The number of hydrogen-bond acceptors (Lipinski definition) is 3. The largest absolute Gasteiger partial charge is 0.360 e. The van der Waals surface area contributed by atoms with Crippen LogP contribution in [-0.4, -0.2) is 5.11 Å². The van der Waals surface area contributed by atoms with Gasteiger partial charge in [0.05, 0.1) is 0 Å². The molecule has 0 aliphatic rings. The molecule has 66 valence electrons. The fourth-order valence-corrected chi connectivity index (χ4v) is 1.18. The zero-order chi connectivity index (χ0) is 9.35. The average molecular weight is 166 g/mol. The van der Waals surface area contributed by atoms with Crippen LogP contribution in [0.15, 0.2) is 18.2 Å². The first-order valence-electron chi connectivity index (χ1n) is 3.79. The second kappa shape index (κ2) is 2.86. The van der Waals surface area contributed by atoms with Crippen molar-refractivity contribution in [2.24, 2.45) is 11.5 Å². The first kappa shape index (κ1) is 9.19. The van der Waals surface area contributed by atoms with Gasteiger partial charge in [0.2, 0.25) is 0 Å². The molecule has 0 radical (unpaired) electrons. The van der Waals surface area contributed by atoms with Gasteiger partial charge in [0.15, 0.2) is 5.85 Å². The van der Waals surface area contributed by atoms with Crippen molar-refractivity contribution in [3.8, 4) is 0 Å². The van der Waals surface area contributed by atoms with Gasteiger partial charge >= 0.3 is 0 Å². The minimum Gasteiger partial charge on any atom is -0.360 e. The molecule has 5 N–H and O–H groups in total. The van der Waals surface area contributed by atoms with Gasteiger partial charge in [-0.3, -0.25) is 11.5 Å². The molecule has 0 saturated carbocycles. The van der Waals surface area contributed by atoms with Crippen LogP contribution in [0.25, 0.3) is 0 Å². The molecular weight excluding hydrogens is 152 g/mol. The molecule has 0 aromatic heterocycles. The second-order valence-electron chi connectivity index (χ2n) is 3.07. The Hall–Kier alpha value is -0.900. The van der Waals surface area contributed by atoms with Crippen molar-refractivity contribution in [1.82, 2.24) is 0 Å². The molecule has 0 saturated heterocycles. The summed E-state index contributed by atoms with van der Waals surface area (Å²) < 4.78 is 0. The summed E-state index contributed by atoms with van der Waals surface area (Å²) >= 11 is 0. The number of hydrogen-bond donors (Lipinski definition) is 3. The highest BCUT2D eigenvalue weighted by atomic mass is 16.3. The van der Waals surface area contributed by atoms with E-state index in [0.29, 0.717) is 5.56 Å². The first-order valence-corrected chi connectivity index (χ1v) is 3.79. The van der Waals surface area contributed by atoms with Gasteiger partial charge in [0.25, 0.3) is 0 Å². The third kappa shape index (κ3) is 1.64. The lowest BCUT2D eigenvalue weighted by atomic mass is 10.0. The zero-order valence-electron chi connectivity index (χ0n) is 7.33. The van der Waals surface area contributed by atoms with Gasteiger partial charge in [-0.1, -0.05) is 18.2 Å². The summed E-state index contributed by atoms with van der Waals surface area (Å²) in [4.78, 5) is 0. The summed E-state index contributed by atoms with van der Waals surface area (Å²) in [6.07, 6.45) is 0. The summed E-state index contributed by atoms with van der Waals surface area (Å²) in [6, 6.07) is 5.50. The molecule has 0 atom stereocenters. The summed E-state index contributed by atoms with van der Waals surface area (Å²) in [6.45, 7) is 3.83. The Kier molecular flexibility index (Phi) is 2.19. The van der Waals surface area contributed by atoms with E-state index >= 15 is 0 Å². The van der Waals surface area contributed by atoms with E-state index in [4.69, 9.17) is 11.5 Å². The molecule has 1 rings (SSSR count). The Balaban J connectivity index is 3.26. The number of aryl methyl sites for hydroxylation is 1. The molecule has 0 amide bonds. The van der Waals surface area contributed by atoms with Gasteiger partial charge in [-0.2, -0.15) is 0 Å². The first-order chi connectivity index (χ1) is 5.43. The standard InChI is InChI=1S/C9H14N2O/c1-6-4-3-5-8(7(6)2)9(10,11)12/h3-5,12H,10-11H2,1-2H3. The van der Waals surface area contributed by atoms with Gasteiger partial charge in [0.1, 0.15) is 0 Å². The van der Waals surface area contributed by atoms with Crippen molar-refractivity contribution in [3.63, 3.8) is 0 Å². The fraction of sp³-hybridized carbons (Fsp3) is 0.333. The van der Waals surface area contributed by atoms with Gasteiger partial charge in [-0.15, -0.1) is 0 Å². The molecule has 0 unspecified atom stereocenters. The van der Waals surface area contributed by atoms with Crippen LogP contribution in [-0.2, 0) is 5.85 Å². The molecule has 3 heteroatoms. The Labute approximate surface area is 72.0 Å². The molecule has 3 nitrogen and oxygen atoms in total. The monoisotopic (exact) mass is 166 g/mol. The fourth-order valence-electron chi connectivity index (χ4n) is 1.18. The number of aliphatic hydroxyl groups is 1. The van der Waals surface area contributed by atoms with E-state index in [1.165, 1.54) is 0 Å². The van der Waals surface area contributed by atoms with Crippen LogP contribution in [0.1, 0.15) is 16.7 Å². The highest BCUT2D eigenvalue weighted by Gasteiger charge is 2.19. The van der Waals surface area contributed by atoms with Crippen LogP contribution >= 0.6 is 0 Å². The zero-order valence-corrected chi connectivity index (χ0v) is 7.33. The van der Waals surface area contributed by atoms with Crippen molar-refractivity contribution in [2.75, 3.05) is 0 Å². The van der Waals surface area contributed by atoms with Crippen LogP contribution in [0.2, 0.25) is 0 Å². The van der Waals surface area contributed by atoms with Crippen LogP contribution in [0.4, 0.5) is 0 Å². The minimum atomic E-state index is -1.73. The van der Waals surface area contributed by atoms with Gasteiger partial charge in [-0.05, 0) is 25.0 Å². The van der Waals surface area contributed by atoms with Crippen LogP contribution in [0.5, 0.6) is 0 Å². The SMILES string of the molecule is Cc1cccc(C(N)(N)O)c1C. The van der Waals surface area contributed by atoms with E-state index in [1.54, 1.807) is 6.07 Å². The molecule has 0 aliphatic heterocycles. The topological polar surface area (TPSA) is 72.3 Å². The summed E-state index contributed by atoms with van der Waals surface area (Å²) in [5.41, 5.74) is 13.3. The van der Waals surface area contributed by atoms with E-state index < -0.39 is 5.85 Å². The molecule has 0 spiro atoms. The predicted octanol–water partition coefficient (Wildman–Crippen LogP) is 0.323. The number of benzene rings is 1. The van der Waals surface area contributed by atoms with Crippen molar-refractivity contribution in [3.05, 3.63) is 34.9 Å². The third-order valence-corrected chi connectivity index (χ3v) is 2.04. The molecule has 0 heterocycles. The lowest BCUT2D eigenvalue weighted by molar-refractivity contribution is 0.0502. The van der Waals surface area contributed by atoms with E-state index in [9.17, 15) is 5.11 Å². The number of nitrogens with two attached hydrogens (primary N) is 2. The maximum absolute atomic E-state index is 9.35. The normalized spacial score (nSPS) is 11.8. The van der Waals surface area contributed by atoms with Crippen molar-refractivity contribution in [1.29, 1.82) is 0 Å². The Bertz CT molecular complexity index is 289. The quantitative estimate of drug-likeness (QED) is 0.526. The second-order valence-corrected chi connectivity index (χ2v) is 3.07. The molecule has 1 aromatic rings. The average Bonchev–Trinajstić information content (AvgIpc) is 1.92. The van der Waals surface area contributed by atoms with Gasteiger partial charge in [0, 0.05) is 5.56 Å². The van der Waals surface area contributed by atoms with E-state index in [2.05, 4.69) is 0 Å². The predicted molar refractivity (Wildman–Crippen MR) is 48.2 cm³/mol. The lowest BCUT2D eigenvalue weighted by Crippen LogP contribution is -2.46. The maximum atomic E-state index is 9.35. The Morgan fingerprint density at radius 2 is 1.83 bits per heavy atom. The lowest BCUT2D eigenvalue weighted by Gasteiger charge is -2.20. The molecule has 12 heavy (non-hydrogen) atoms. The molecule has 0 bridgehead atoms. The summed E-state index contributed by atoms with van der Waals surface area (Å²) in [5.74, 6) is -1.73. The minimum absolute atomic E-state index is 0.572. The van der Waals surface area contributed by atoms with Crippen molar-refractivity contribution < 1.29 is 5.11 Å². The molecular formula is C9H14N2O. The molecule has 0 fully saturated rings. The van der Waals surface area contributed by atoms with Crippen LogP contribution in [0, 0.1) is 13.8 Å². The Morgan fingerprint density at radius 3 is 2.25 bits per heavy atom.